The number of carbonyl (C=O) groups is 2. The lowest BCUT2D eigenvalue weighted by Gasteiger charge is -2.64. The SMILES string of the molecule is CC(C)C[C@H](NC(=O)[C@H](CC(C)C)NC(=O)c1cc(Cc2n[nH]c(=O)c3ccccc23)ccc1F)B1O[C@@H]2C[C@@H]3C[C@@H](C3(C)C)[C@]2(C)O1. The van der Waals surface area contributed by atoms with E-state index in [1.165, 1.54) is 12.1 Å². The molecular formula is C37H48BFN4O5. The van der Waals surface area contributed by atoms with Gasteiger partial charge in [-0.25, -0.2) is 9.49 Å². The molecule has 2 amide bonds. The monoisotopic (exact) mass is 658 g/mol. The smallest absolute Gasteiger partial charge is 0.404 e. The normalized spacial score (nSPS) is 25.5. The molecule has 6 atom stereocenters. The van der Waals surface area contributed by atoms with E-state index in [9.17, 15) is 14.4 Å². The third-order valence-electron chi connectivity index (χ3n) is 11.1. The van der Waals surface area contributed by atoms with Crippen molar-refractivity contribution in [1.82, 2.24) is 20.8 Å². The summed E-state index contributed by atoms with van der Waals surface area (Å²) in [7, 11) is -0.594. The standard InChI is InChI=1S/C37H48BFN4O5/c1-20(2)14-29(35(46)41-32(15-21(3)4)38-47-31-19-23-18-30(36(23,5)6)37(31,7)48-38)40-33(44)26-16-22(12-13-27(26)39)17-28-24-10-8-9-11-25(24)34(45)43-42-28/h8-13,16,20-21,23,29-32H,14-15,17-19H2,1-7H3,(H,40,44)(H,41,46)(H,43,45)/t23-,29-,30-,31+,32-,37-/m0/s1. The number of amides is 2. The molecule has 2 heterocycles. The zero-order valence-electron chi connectivity index (χ0n) is 29.1. The van der Waals surface area contributed by atoms with Gasteiger partial charge in [-0.3, -0.25) is 14.4 Å². The molecule has 7 rings (SSSR count). The van der Waals surface area contributed by atoms with E-state index in [1.807, 2.05) is 26.0 Å². The lowest BCUT2D eigenvalue weighted by molar-refractivity contribution is -0.199. The zero-order chi connectivity index (χ0) is 34.5. The number of halogens is 1. The molecular weight excluding hydrogens is 610 g/mol. The van der Waals surface area contributed by atoms with Crippen molar-refractivity contribution >= 4 is 29.7 Å². The van der Waals surface area contributed by atoms with Gasteiger partial charge in [-0.05, 0) is 85.5 Å². The van der Waals surface area contributed by atoms with Crippen molar-refractivity contribution in [3.05, 3.63) is 75.5 Å². The van der Waals surface area contributed by atoms with E-state index >= 15 is 4.39 Å². The number of rotatable bonds is 11. The third-order valence-corrected chi connectivity index (χ3v) is 11.1. The van der Waals surface area contributed by atoms with Gasteiger partial charge in [-0.15, -0.1) is 0 Å². The van der Waals surface area contributed by atoms with Gasteiger partial charge in [-0.1, -0.05) is 65.8 Å². The molecule has 3 aromatic rings. The average molecular weight is 659 g/mol. The van der Waals surface area contributed by atoms with Crippen LogP contribution in [0.5, 0.6) is 0 Å². The van der Waals surface area contributed by atoms with Crippen LogP contribution in [0.1, 0.15) is 95.8 Å². The molecule has 9 nitrogen and oxygen atoms in total. The summed E-state index contributed by atoms with van der Waals surface area (Å²) in [6, 6.07) is 10.5. The summed E-state index contributed by atoms with van der Waals surface area (Å²) in [6.07, 6.45) is 3.34. The Morgan fingerprint density at radius 1 is 1.02 bits per heavy atom. The zero-order valence-corrected chi connectivity index (χ0v) is 29.1. The number of nitrogens with one attached hydrogen (secondary N) is 3. The molecule has 11 heteroatoms. The molecule has 0 spiro atoms. The largest absolute Gasteiger partial charge is 0.481 e. The van der Waals surface area contributed by atoms with E-state index < -0.39 is 36.4 Å². The highest BCUT2D eigenvalue weighted by molar-refractivity contribution is 6.48. The number of H-pyrrole nitrogens is 1. The second kappa shape index (κ2) is 13.0. The van der Waals surface area contributed by atoms with Crippen molar-refractivity contribution in [1.29, 1.82) is 0 Å². The number of nitrogens with zero attached hydrogens (tertiary/aromatic N) is 1. The average Bonchev–Trinajstić information content (AvgIpc) is 3.39. The van der Waals surface area contributed by atoms with Crippen molar-refractivity contribution in [2.75, 3.05) is 0 Å². The van der Waals surface area contributed by atoms with Crippen LogP contribution < -0.4 is 16.2 Å². The summed E-state index contributed by atoms with van der Waals surface area (Å²) in [5, 5.41) is 13.9. The first kappa shape index (κ1) is 34.3. The first-order valence-corrected chi connectivity index (χ1v) is 17.4. The Morgan fingerprint density at radius 3 is 2.42 bits per heavy atom. The summed E-state index contributed by atoms with van der Waals surface area (Å²) >= 11 is 0. The maximum absolute atomic E-state index is 15.2. The predicted molar refractivity (Wildman–Crippen MR) is 184 cm³/mol. The van der Waals surface area contributed by atoms with Gasteiger partial charge in [0.2, 0.25) is 5.91 Å². The Bertz CT molecular complexity index is 1760. The van der Waals surface area contributed by atoms with Crippen LogP contribution in [0.25, 0.3) is 10.8 Å². The maximum Gasteiger partial charge on any atom is 0.481 e. The second-order valence-electron chi connectivity index (χ2n) is 15.8. The van der Waals surface area contributed by atoms with E-state index in [0.29, 0.717) is 46.7 Å². The Kier molecular flexibility index (Phi) is 9.32. The van der Waals surface area contributed by atoms with Crippen LogP contribution in [-0.4, -0.2) is 52.8 Å². The molecule has 1 aliphatic heterocycles. The van der Waals surface area contributed by atoms with Crippen molar-refractivity contribution < 1.29 is 23.3 Å². The summed E-state index contributed by atoms with van der Waals surface area (Å²) in [4.78, 5) is 39.8. The highest BCUT2D eigenvalue weighted by Gasteiger charge is 2.68. The highest BCUT2D eigenvalue weighted by Crippen LogP contribution is 2.65. The van der Waals surface area contributed by atoms with Crippen LogP contribution in [0.15, 0.2) is 47.3 Å². The first-order valence-electron chi connectivity index (χ1n) is 17.4. The summed E-state index contributed by atoms with van der Waals surface area (Å²) in [6.45, 7) is 14.9. The molecule has 2 bridgehead atoms. The molecule has 1 aromatic heterocycles. The van der Waals surface area contributed by atoms with Gasteiger partial charge in [0.25, 0.3) is 11.5 Å². The molecule has 0 radical (unpaired) electrons. The summed E-state index contributed by atoms with van der Waals surface area (Å²) in [5.74, 6) is -0.788. The van der Waals surface area contributed by atoms with Crippen LogP contribution in [0.3, 0.4) is 0 Å². The Hall–Kier alpha value is -3.57. The van der Waals surface area contributed by atoms with Gasteiger partial charge in [0.05, 0.1) is 34.3 Å². The minimum Gasteiger partial charge on any atom is -0.404 e. The fraction of sp³-hybridized carbons (Fsp3) is 0.568. The van der Waals surface area contributed by atoms with Crippen molar-refractivity contribution in [3.63, 3.8) is 0 Å². The predicted octanol–water partition coefficient (Wildman–Crippen LogP) is 5.60. The number of benzene rings is 2. The lowest BCUT2D eigenvalue weighted by Crippen LogP contribution is -2.65. The van der Waals surface area contributed by atoms with Crippen LogP contribution in [0.2, 0.25) is 0 Å². The van der Waals surface area contributed by atoms with Crippen LogP contribution in [-0.2, 0) is 20.5 Å². The molecule has 48 heavy (non-hydrogen) atoms. The van der Waals surface area contributed by atoms with Crippen molar-refractivity contribution in [3.8, 4) is 0 Å². The molecule has 256 valence electrons. The Balaban J connectivity index is 1.19. The topological polar surface area (TPSA) is 122 Å². The molecule has 3 N–H and O–H groups in total. The minimum atomic E-state index is -0.897. The van der Waals surface area contributed by atoms with Crippen LogP contribution >= 0.6 is 0 Å². The first-order chi connectivity index (χ1) is 22.7. The fourth-order valence-electron chi connectivity index (χ4n) is 8.40. The Morgan fingerprint density at radius 2 is 1.73 bits per heavy atom. The second-order valence-corrected chi connectivity index (χ2v) is 15.8. The Labute approximate surface area is 282 Å². The molecule has 2 aromatic carbocycles. The van der Waals surface area contributed by atoms with Crippen molar-refractivity contribution in [2.45, 2.75) is 104 Å². The number of fused-ring (bicyclic) bond motifs is 1. The maximum atomic E-state index is 15.2. The number of hydrogen-bond acceptors (Lipinski definition) is 6. The van der Waals surface area contributed by atoms with E-state index in [1.54, 1.807) is 18.2 Å². The van der Waals surface area contributed by atoms with Gasteiger partial charge in [-0.2, -0.15) is 5.10 Å². The van der Waals surface area contributed by atoms with Gasteiger partial charge >= 0.3 is 7.12 Å². The minimum absolute atomic E-state index is 0.0171. The number of hydrogen-bond donors (Lipinski definition) is 3. The number of aromatic amines is 1. The van der Waals surface area contributed by atoms with Gasteiger partial charge in [0, 0.05) is 11.8 Å². The molecule has 0 unspecified atom stereocenters. The van der Waals surface area contributed by atoms with Gasteiger partial charge in [0.15, 0.2) is 0 Å². The quantitative estimate of drug-likeness (QED) is 0.231. The fourth-order valence-corrected chi connectivity index (χ4v) is 8.40. The third kappa shape index (κ3) is 6.43. The van der Waals surface area contributed by atoms with E-state index in [0.717, 1.165) is 12.8 Å². The van der Waals surface area contributed by atoms with Crippen LogP contribution in [0.4, 0.5) is 4.39 Å². The summed E-state index contributed by atoms with van der Waals surface area (Å²) < 4.78 is 28.4. The number of aromatic nitrogens is 2. The number of carbonyl (C=O) groups excluding carboxylic acids is 2. The molecule has 4 aliphatic rings. The van der Waals surface area contributed by atoms with Gasteiger partial charge < -0.3 is 19.9 Å². The van der Waals surface area contributed by atoms with E-state index in [2.05, 4.69) is 55.4 Å². The summed E-state index contributed by atoms with van der Waals surface area (Å²) in [5.41, 5.74) is 0.569. The highest BCUT2D eigenvalue weighted by atomic mass is 19.1. The molecule has 1 saturated heterocycles. The van der Waals surface area contributed by atoms with Crippen LogP contribution in [0, 0.1) is 34.9 Å². The van der Waals surface area contributed by atoms with E-state index in [-0.39, 0.29) is 46.8 Å². The lowest BCUT2D eigenvalue weighted by atomic mass is 9.43. The van der Waals surface area contributed by atoms with Gasteiger partial charge in [0.1, 0.15) is 11.9 Å². The van der Waals surface area contributed by atoms with Crippen molar-refractivity contribution in [2.24, 2.45) is 29.1 Å². The molecule has 3 aliphatic carbocycles. The van der Waals surface area contributed by atoms with E-state index in [4.69, 9.17) is 9.31 Å². The molecule has 3 saturated carbocycles. The molecule has 4 fully saturated rings.